The van der Waals surface area contributed by atoms with Crippen LogP contribution in [0.15, 0.2) is 29.1 Å². The number of fused-ring (bicyclic) bond motifs is 1. The fourth-order valence-electron chi connectivity index (χ4n) is 2.86. The maximum absolute atomic E-state index is 11.9. The smallest absolute Gasteiger partial charge is 0.267 e. The highest BCUT2D eigenvalue weighted by atomic mass is 16.1. The number of nitrogens with one attached hydrogen (secondary N) is 3. The molecule has 0 saturated carbocycles. The molecule has 1 heterocycles. The van der Waals surface area contributed by atoms with E-state index in [4.69, 9.17) is 5.41 Å². The van der Waals surface area contributed by atoms with Gasteiger partial charge in [0.1, 0.15) is 0 Å². The molecule has 108 valence electrons. The lowest BCUT2D eigenvalue weighted by Crippen LogP contribution is -2.21. The highest BCUT2D eigenvalue weighted by Gasteiger charge is 2.18. The van der Waals surface area contributed by atoms with Gasteiger partial charge in [-0.25, -0.2) is 5.10 Å². The first-order valence-electron chi connectivity index (χ1n) is 7.18. The van der Waals surface area contributed by atoms with E-state index in [9.17, 15) is 4.79 Å². The molecule has 0 fully saturated rings. The van der Waals surface area contributed by atoms with Crippen molar-refractivity contribution in [1.29, 1.82) is 5.41 Å². The third-order valence-corrected chi connectivity index (χ3v) is 3.76. The van der Waals surface area contributed by atoms with E-state index in [-0.39, 0.29) is 5.56 Å². The highest BCUT2D eigenvalue weighted by Crippen LogP contribution is 2.28. The minimum absolute atomic E-state index is 0.0573. The molecule has 2 aromatic rings. The Labute approximate surface area is 122 Å². The maximum Gasteiger partial charge on any atom is 0.267 e. The van der Waals surface area contributed by atoms with E-state index < -0.39 is 0 Å². The first-order chi connectivity index (χ1) is 10.1. The van der Waals surface area contributed by atoms with Crippen molar-refractivity contribution in [3.05, 3.63) is 45.7 Å². The van der Waals surface area contributed by atoms with E-state index in [1.165, 1.54) is 0 Å². The zero-order chi connectivity index (χ0) is 14.8. The second-order valence-corrected chi connectivity index (χ2v) is 5.40. The monoisotopic (exact) mass is 282 g/mol. The van der Waals surface area contributed by atoms with Crippen molar-refractivity contribution >= 4 is 11.5 Å². The van der Waals surface area contributed by atoms with Crippen molar-refractivity contribution in [2.75, 3.05) is 5.32 Å². The van der Waals surface area contributed by atoms with E-state index in [0.29, 0.717) is 5.84 Å². The van der Waals surface area contributed by atoms with Crippen LogP contribution in [0.5, 0.6) is 0 Å². The van der Waals surface area contributed by atoms with E-state index in [2.05, 4.69) is 15.5 Å². The number of H-pyrrole nitrogens is 1. The molecule has 3 rings (SSSR count). The van der Waals surface area contributed by atoms with Crippen molar-refractivity contribution in [1.82, 2.24) is 10.2 Å². The zero-order valence-corrected chi connectivity index (χ0v) is 12.0. The van der Waals surface area contributed by atoms with Crippen LogP contribution < -0.4 is 10.9 Å². The van der Waals surface area contributed by atoms with Gasteiger partial charge in [0.05, 0.1) is 11.5 Å². The fraction of sp³-hybridized carbons (Fsp3) is 0.312. The third kappa shape index (κ3) is 2.72. The minimum Gasteiger partial charge on any atom is -0.344 e. The molecule has 0 spiro atoms. The summed E-state index contributed by atoms with van der Waals surface area (Å²) in [7, 11) is 0. The molecule has 0 atom stereocenters. The summed E-state index contributed by atoms with van der Waals surface area (Å²) in [5, 5.41) is 17.4. The van der Waals surface area contributed by atoms with Gasteiger partial charge in [0.25, 0.3) is 5.56 Å². The molecule has 5 heteroatoms. The van der Waals surface area contributed by atoms with Gasteiger partial charge in [-0.2, -0.15) is 5.10 Å². The van der Waals surface area contributed by atoms with Gasteiger partial charge in [-0.15, -0.1) is 0 Å². The number of anilines is 1. The lowest BCUT2D eigenvalue weighted by atomic mass is 9.90. The van der Waals surface area contributed by atoms with E-state index in [1.807, 2.05) is 24.3 Å². The molecule has 1 aromatic heterocycles. The van der Waals surface area contributed by atoms with E-state index >= 15 is 0 Å². The minimum atomic E-state index is -0.0573. The Bertz CT molecular complexity index is 748. The van der Waals surface area contributed by atoms with Gasteiger partial charge in [0.2, 0.25) is 0 Å². The van der Waals surface area contributed by atoms with Gasteiger partial charge in [-0.1, -0.05) is 12.1 Å². The Morgan fingerprint density at radius 3 is 2.81 bits per heavy atom. The number of nitrogens with zero attached hydrogens (tertiary/aromatic N) is 1. The van der Waals surface area contributed by atoms with Crippen LogP contribution in [0.1, 0.15) is 30.9 Å². The number of rotatable bonds is 2. The molecule has 0 bridgehead atoms. The highest BCUT2D eigenvalue weighted by molar-refractivity contribution is 5.91. The topological polar surface area (TPSA) is 81.6 Å². The van der Waals surface area contributed by atoms with Crippen LogP contribution in [0.3, 0.4) is 0 Å². The van der Waals surface area contributed by atoms with Gasteiger partial charge in [0, 0.05) is 16.8 Å². The Kier molecular flexibility index (Phi) is 3.56. The SMILES string of the molecule is CC(=N)Nc1cccc(-c2n[nH]c(=O)c3c2CCCC3)c1. The number of aromatic amines is 1. The number of amidine groups is 1. The van der Waals surface area contributed by atoms with Crippen LogP contribution in [0.2, 0.25) is 0 Å². The summed E-state index contributed by atoms with van der Waals surface area (Å²) in [6, 6.07) is 7.80. The number of hydrogen-bond donors (Lipinski definition) is 3. The van der Waals surface area contributed by atoms with Crippen molar-refractivity contribution in [3.63, 3.8) is 0 Å². The second kappa shape index (κ2) is 5.52. The quantitative estimate of drug-likeness (QED) is 0.585. The second-order valence-electron chi connectivity index (χ2n) is 5.40. The average Bonchev–Trinajstić information content (AvgIpc) is 2.47. The molecule has 0 radical (unpaired) electrons. The normalized spacial score (nSPS) is 13.6. The Morgan fingerprint density at radius 1 is 1.29 bits per heavy atom. The molecule has 1 aliphatic rings. The molecular formula is C16H18N4O. The van der Waals surface area contributed by atoms with Gasteiger partial charge >= 0.3 is 0 Å². The summed E-state index contributed by atoms with van der Waals surface area (Å²) in [5.41, 5.74) is 4.59. The Morgan fingerprint density at radius 2 is 2.05 bits per heavy atom. The molecule has 21 heavy (non-hydrogen) atoms. The van der Waals surface area contributed by atoms with Crippen molar-refractivity contribution in [2.24, 2.45) is 0 Å². The lowest BCUT2D eigenvalue weighted by molar-refractivity contribution is 0.669. The van der Waals surface area contributed by atoms with E-state index in [0.717, 1.165) is 53.8 Å². The zero-order valence-electron chi connectivity index (χ0n) is 12.0. The van der Waals surface area contributed by atoms with Crippen LogP contribution in [0, 0.1) is 5.41 Å². The van der Waals surface area contributed by atoms with Crippen molar-refractivity contribution < 1.29 is 0 Å². The summed E-state index contributed by atoms with van der Waals surface area (Å²) in [6.45, 7) is 1.70. The molecular weight excluding hydrogens is 264 g/mol. The van der Waals surface area contributed by atoms with Crippen LogP contribution in [-0.2, 0) is 12.8 Å². The standard InChI is InChI=1S/C16H18N4O/c1-10(17)18-12-6-4-5-11(9-12)15-13-7-2-3-8-14(13)16(21)20-19-15/h4-6,9H,2-3,7-8H2,1H3,(H2,17,18)(H,20,21). The molecule has 0 amide bonds. The predicted molar refractivity (Wildman–Crippen MR) is 84.0 cm³/mol. The fourth-order valence-corrected chi connectivity index (χ4v) is 2.86. The van der Waals surface area contributed by atoms with Crippen LogP contribution in [0.25, 0.3) is 11.3 Å². The summed E-state index contributed by atoms with van der Waals surface area (Å²) >= 11 is 0. The van der Waals surface area contributed by atoms with Crippen molar-refractivity contribution in [2.45, 2.75) is 32.6 Å². The molecule has 1 aromatic carbocycles. The van der Waals surface area contributed by atoms with Crippen LogP contribution in [-0.4, -0.2) is 16.0 Å². The third-order valence-electron chi connectivity index (χ3n) is 3.76. The van der Waals surface area contributed by atoms with Gasteiger partial charge in [-0.3, -0.25) is 10.2 Å². The largest absolute Gasteiger partial charge is 0.344 e. The Balaban J connectivity index is 2.08. The maximum atomic E-state index is 11.9. The van der Waals surface area contributed by atoms with Gasteiger partial charge < -0.3 is 5.32 Å². The molecule has 5 nitrogen and oxygen atoms in total. The van der Waals surface area contributed by atoms with Gasteiger partial charge in [-0.05, 0) is 50.3 Å². The molecule has 3 N–H and O–H groups in total. The molecule has 1 aliphatic carbocycles. The molecule has 0 unspecified atom stereocenters. The summed E-state index contributed by atoms with van der Waals surface area (Å²) in [5.74, 6) is 0.392. The number of aromatic nitrogens is 2. The van der Waals surface area contributed by atoms with Gasteiger partial charge in [0.15, 0.2) is 0 Å². The van der Waals surface area contributed by atoms with Crippen molar-refractivity contribution in [3.8, 4) is 11.3 Å². The summed E-state index contributed by atoms with van der Waals surface area (Å²) < 4.78 is 0. The number of benzene rings is 1. The summed E-state index contributed by atoms with van der Waals surface area (Å²) in [6.07, 6.45) is 3.90. The van der Waals surface area contributed by atoms with E-state index in [1.54, 1.807) is 6.92 Å². The lowest BCUT2D eigenvalue weighted by Gasteiger charge is -2.17. The summed E-state index contributed by atoms with van der Waals surface area (Å²) in [4.78, 5) is 11.9. The van der Waals surface area contributed by atoms with Crippen LogP contribution >= 0.6 is 0 Å². The first kappa shape index (κ1) is 13.5. The number of hydrogen-bond acceptors (Lipinski definition) is 3. The van der Waals surface area contributed by atoms with Crippen LogP contribution in [0.4, 0.5) is 5.69 Å². The predicted octanol–water partition coefficient (Wildman–Crippen LogP) is 2.72. The molecule has 0 aliphatic heterocycles. The first-order valence-corrected chi connectivity index (χ1v) is 7.18. The molecule has 0 saturated heterocycles. The average molecular weight is 282 g/mol. The Hall–Kier alpha value is -2.43.